The van der Waals surface area contributed by atoms with Crippen LogP contribution in [0, 0.1) is 13.8 Å². The molecule has 0 unspecified atom stereocenters. The fourth-order valence-corrected chi connectivity index (χ4v) is 3.82. The molecule has 3 rings (SSSR count). The van der Waals surface area contributed by atoms with Gasteiger partial charge in [-0.3, -0.25) is 19.0 Å². The van der Waals surface area contributed by atoms with Crippen molar-refractivity contribution in [2.24, 2.45) is 7.05 Å². The number of aryl methyl sites for hydroxylation is 1. The Morgan fingerprint density at radius 1 is 1.21 bits per heavy atom. The van der Waals surface area contributed by atoms with Crippen LogP contribution in [0.5, 0.6) is 0 Å². The van der Waals surface area contributed by atoms with Crippen molar-refractivity contribution in [3.63, 3.8) is 0 Å². The van der Waals surface area contributed by atoms with E-state index in [1.807, 2.05) is 31.5 Å². The number of ether oxygens (including phenoxy) is 1. The average Bonchev–Trinajstić information content (AvgIpc) is 2.95. The van der Waals surface area contributed by atoms with Gasteiger partial charge in [0.1, 0.15) is 6.54 Å². The molecule has 8 heteroatoms. The number of rotatable bonds is 6. The molecule has 2 aromatic heterocycles. The maximum absolute atomic E-state index is 12.8. The lowest BCUT2D eigenvalue weighted by atomic mass is 10.2. The Bertz CT molecular complexity index is 1130. The predicted molar refractivity (Wildman–Crippen MR) is 108 cm³/mol. The number of thioether (sulfide) groups is 1. The molecule has 0 fully saturated rings. The van der Waals surface area contributed by atoms with Crippen molar-refractivity contribution in [2.45, 2.75) is 25.5 Å². The van der Waals surface area contributed by atoms with Crippen LogP contribution < -0.4 is 5.56 Å². The summed E-state index contributed by atoms with van der Waals surface area (Å²) in [6, 6.07) is 8.78. The predicted octanol–water partition coefficient (Wildman–Crippen LogP) is 2.50. The third kappa shape index (κ3) is 3.73. The number of fused-ring (bicyclic) bond motifs is 1. The lowest BCUT2D eigenvalue weighted by Gasteiger charge is -2.12. The summed E-state index contributed by atoms with van der Waals surface area (Å²) < 4.78 is 7.91. The number of nitrogens with zero attached hydrogens (tertiary/aromatic N) is 3. The number of aromatic nitrogens is 3. The Labute approximate surface area is 166 Å². The van der Waals surface area contributed by atoms with E-state index < -0.39 is 5.97 Å². The van der Waals surface area contributed by atoms with E-state index >= 15 is 0 Å². The first-order chi connectivity index (χ1) is 13.3. The second-order valence-electron chi connectivity index (χ2n) is 6.43. The van der Waals surface area contributed by atoms with Crippen molar-refractivity contribution in [2.75, 3.05) is 12.9 Å². The minimum absolute atomic E-state index is 0.0572. The Balaban J connectivity index is 1.95. The highest BCUT2D eigenvalue weighted by Crippen LogP contribution is 2.21. The minimum Gasteiger partial charge on any atom is -0.468 e. The Hall–Kier alpha value is -2.87. The number of methoxy groups -OCH3 is 1. The van der Waals surface area contributed by atoms with Crippen LogP contribution in [0.25, 0.3) is 10.9 Å². The van der Waals surface area contributed by atoms with Crippen LogP contribution in [0.3, 0.4) is 0 Å². The van der Waals surface area contributed by atoms with Crippen molar-refractivity contribution >= 4 is 34.4 Å². The highest BCUT2D eigenvalue weighted by molar-refractivity contribution is 7.99. The molecule has 3 aromatic rings. The van der Waals surface area contributed by atoms with Gasteiger partial charge >= 0.3 is 5.97 Å². The highest BCUT2D eigenvalue weighted by Gasteiger charge is 2.18. The lowest BCUT2D eigenvalue weighted by Crippen LogP contribution is -2.27. The minimum atomic E-state index is -0.554. The molecule has 0 radical (unpaired) electrons. The maximum atomic E-state index is 12.8. The molecular weight excluding hydrogens is 378 g/mol. The van der Waals surface area contributed by atoms with E-state index in [0.717, 1.165) is 23.1 Å². The molecule has 7 nitrogen and oxygen atoms in total. The first-order valence-corrected chi connectivity index (χ1v) is 9.67. The zero-order chi connectivity index (χ0) is 20.4. The quantitative estimate of drug-likeness (QED) is 0.274. The zero-order valence-corrected chi connectivity index (χ0v) is 17.0. The normalized spacial score (nSPS) is 11.0. The van der Waals surface area contributed by atoms with Gasteiger partial charge in [-0.2, -0.15) is 0 Å². The SMILES string of the molecule is COC(=O)Cn1c(SCC(=O)c2cc(C)n(C)c2C)nc2ccccc2c1=O. The summed E-state index contributed by atoms with van der Waals surface area (Å²) >= 11 is 1.14. The van der Waals surface area contributed by atoms with Gasteiger partial charge in [0.2, 0.25) is 0 Å². The van der Waals surface area contributed by atoms with Crippen LogP contribution in [0.2, 0.25) is 0 Å². The van der Waals surface area contributed by atoms with Gasteiger partial charge in [0.25, 0.3) is 5.56 Å². The smallest absolute Gasteiger partial charge is 0.325 e. The van der Waals surface area contributed by atoms with Gasteiger partial charge < -0.3 is 9.30 Å². The summed E-state index contributed by atoms with van der Waals surface area (Å²) in [4.78, 5) is 41.8. The number of carbonyl (C=O) groups excluding carboxylic acids is 2. The fourth-order valence-electron chi connectivity index (χ4n) is 2.94. The molecule has 0 spiro atoms. The molecule has 146 valence electrons. The molecule has 28 heavy (non-hydrogen) atoms. The summed E-state index contributed by atoms with van der Waals surface area (Å²) in [6.45, 7) is 3.58. The lowest BCUT2D eigenvalue weighted by molar-refractivity contribution is -0.141. The first-order valence-electron chi connectivity index (χ1n) is 8.68. The van der Waals surface area contributed by atoms with E-state index in [0.29, 0.717) is 21.6 Å². The van der Waals surface area contributed by atoms with Gasteiger partial charge in [-0.15, -0.1) is 0 Å². The molecule has 0 aliphatic rings. The topological polar surface area (TPSA) is 83.2 Å². The number of hydrogen-bond acceptors (Lipinski definition) is 6. The molecular formula is C20H21N3O4S. The third-order valence-corrected chi connectivity index (χ3v) is 5.73. The summed E-state index contributed by atoms with van der Waals surface area (Å²) in [5, 5.41) is 0.726. The van der Waals surface area contributed by atoms with Crippen LogP contribution >= 0.6 is 11.8 Å². The molecule has 0 saturated heterocycles. The summed E-state index contributed by atoms with van der Waals surface area (Å²) in [5.74, 6) is -0.504. The third-order valence-electron chi connectivity index (χ3n) is 4.75. The fraction of sp³-hybridized carbons (Fsp3) is 0.300. The van der Waals surface area contributed by atoms with E-state index in [9.17, 15) is 14.4 Å². The summed E-state index contributed by atoms with van der Waals surface area (Å²) in [6.07, 6.45) is 0. The van der Waals surface area contributed by atoms with E-state index in [4.69, 9.17) is 4.74 Å². The largest absolute Gasteiger partial charge is 0.468 e. The number of benzene rings is 1. The van der Waals surface area contributed by atoms with Gasteiger partial charge in [-0.1, -0.05) is 23.9 Å². The molecule has 2 heterocycles. The van der Waals surface area contributed by atoms with Crippen molar-refractivity contribution in [1.82, 2.24) is 14.1 Å². The van der Waals surface area contributed by atoms with E-state index in [1.165, 1.54) is 11.7 Å². The van der Waals surface area contributed by atoms with Crippen LogP contribution in [0.1, 0.15) is 21.7 Å². The number of carbonyl (C=O) groups is 2. The van der Waals surface area contributed by atoms with Crippen molar-refractivity contribution < 1.29 is 14.3 Å². The van der Waals surface area contributed by atoms with Crippen LogP contribution in [0.15, 0.2) is 40.3 Å². The number of para-hydroxylation sites is 1. The van der Waals surface area contributed by atoms with Gasteiger partial charge in [0.15, 0.2) is 10.9 Å². The van der Waals surface area contributed by atoms with Crippen molar-refractivity contribution in [3.8, 4) is 0 Å². The second kappa shape index (κ2) is 8.02. The molecule has 0 aliphatic carbocycles. The molecule has 0 bridgehead atoms. The molecule has 0 amide bonds. The second-order valence-corrected chi connectivity index (χ2v) is 7.38. The number of esters is 1. The summed E-state index contributed by atoms with van der Waals surface area (Å²) in [5.41, 5.74) is 2.72. The number of ketones is 1. The Kier molecular flexibility index (Phi) is 5.69. The van der Waals surface area contributed by atoms with E-state index in [1.54, 1.807) is 24.3 Å². The standard InChI is InChI=1S/C20H21N3O4S/c1-12-9-15(13(2)22(12)3)17(24)11-28-20-21-16-8-6-5-7-14(16)19(26)23(20)10-18(25)27-4/h5-9H,10-11H2,1-4H3. The van der Waals surface area contributed by atoms with E-state index in [-0.39, 0.29) is 23.6 Å². The monoisotopic (exact) mass is 399 g/mol. The van der Waals surface area contributed by atoms with Crippen LogP contribution in [0.4, 0.5) is 0 Å². The van der Waals surface area contributed by atoms with Gasteiger partial charge in [0, 0.05) is 24.0 Å². The van der Waals surface area contributed by atoms with Crippen molar-refractivity contribution in [3.05, 3.63) is 57.6 Å². The number of hydrogen-bond donors (Lipinski definition) is 0. The molecule has 0 N–H and O–H groups in total. The van der Waals surface area contributed by atoms with Gasteiger partial charge in [0.05, 0.1) is 23.8 Å². The number of Topliss-reactive ketones (excluding diaryl/α,β-unsaturated/α-hetero) is 1. The molecule has 1 aromatic carbocycles. The van der Waals surface area contributed by atoms with Crippen molar-refractivity contribution in [1.29, 1.82) is 0 Å². The maximum Gasteiger partial charge on any atom is 0.325 e. The first kappa shape index (κ1) is 19.9. The van der Waals surface area contributed by atoms with Gasteiger partial charge in [-0.25, -0.2) is 4.98 Å². The molecule has 0 atom stereocenters. The van der Waals surface area contributed by atoms with E-state index in [2.05, 4.69) is 4.98 Å². The Morgan fingerprint density at radius 2 is 1.93 bits per heavy atom. The molecule has 0 saturated carbocycles. The average molecular weight is 399 g/mol. The van der Waals surface area contributed by atoms with Gasteiger partial charge in [-0.05, 0) is 32.0 Å². The zero-order valence-electron chi connectivity index (χ0n) is 16.2. The van der Waals surface area contributed by atoms with Crippen LogP contribution in [-0.4, -0.2) is 38.7 Å². The summed E-state index contributed by atoms with van der Waals surface area (Å²) in [7, 11) is 3.17. The Morgan fingerprint density at radius 3 is 2.57 bits per heavy atom. The highest BCUT2D eigenvalue weighted by atomic mass is 32.2. The van der Waals surface area contributed by atoms with Crippen LogP contribution in [-0.2, 0) is 23.1 Å². The molecule has 0 aliphatic heterocycles.